The monoisotopic (exact) mass is 317 g/mol. The second-order valence-corrected chi connectivity index (χ2v) is 6.25. The Kier molecular flexibility index (Phi) is 7.56. The van der Waals surface area contributed by atoms with Crippen LogP contribution in [0.4, 0.5) is 0 Å². The van der Waals surface area contributed by atoms with E-state index in [1.54, 1.807) is 0 Å². The van der Waals surface area contributed by atoms with E-state index in [0.717, 1.165) is 52.1 Å². The van der Waals surface area contributed by atoms with Gasteiger partial charge in [-0.2, -0.15) is 0 Å². The van der Waals surface area contributed by atoms with Gasteiger partial charge < -0.3 is 10.2 Å². The van der Waals surface area contributed by atoms with Gasteiger partial charge >= 0.3 is 0 Å². The van der Waals surface area contributed by atoms with E-state index in [1.165, 1.54) is 5.56 Å². The number of hydrogen-bond donors (Lipinski definition) is 1. The first-order valence-corrected chi connectivity index (χ1v) is 9.03. The lowest BCUT2D eigenvalue weighted by Crippen LogP contribution is -2.47. The maximum absolute atomic E-state index is 12.4. The number of nitrogens with one attached hydrogen (secondary N) is 1. The minimum atomic E-state index is 0.301. The van der Waals surface area contributed by atoms with Crippen molar-refractivity contribution in [2.75, 3.05) is 39.3 Å². The van der Waals surface area contributed by atoms with Gasteiger partial charge in [0, 0.05) is 45.2 Å². The molecule has 23 heavy (non-hydrogen) atoms. The van der Waals surface area contributed by atoms with Crippen molar-refractivity contribution in [2.24, 2.45) is 0 Å². The molecule has 1 saturated heterocycles. The van der Waals surface area contributed by atoms with Gasteiger partial charge in [0.15, 0.2) is 0 Å². The summed E-state index contributed by atoms with van der Waals surface area (Å²) in [6.07, 6.45) is 2.82. The summed E-state index contributed by atoms with van der Waals surface area (Å²) in [5.74, 6) is 0.301. The average Bonchev–Trinajstić information content (AvgIpc) is 2.61. The van der Waals surface area contributed by atoms with Gasteiger partial charge in [0.25, 0.3) is 0 Å². The maximum atomic E-state index is 12.4. The van der Waals surface area contributed by atoms with E-state index in [1.807, 2.05) is 4.90 Å². The molecule has 2 rings (SSSR count). The molecule has 1 aliphatic heterocycles. The van der Waals surface area contributed by atoms with Crippen LogP contribution in [0.1, 0.15) is 44.7 Å². The van der Waals surface area contributed by atoms with Crippen molar-refractivity contribution >= 4 is 5.91 Å². The fraction of sp³-hybridized carbons (Fsp3) is 0.632. The molecule has 1 amide bonds. The van der Waals surface area contributed by atoms with Gasteiger partial charge in [-0.1, -0.05) is 44.2 Å². The Morgan fingerprint density at radius 2 is 1.87 bits per heavy atom. The maximum Gasteiger partial charge on any atom is 0.223 e. The molecule has 1 fully saturated rings. The van der Waals surface area contributed by atoms with Crippen LogP contribution < -0.4 is 5.32 Å². The number of benzene rings is 1. The molecule has 0 aromatic heterocycles. The van der Waals surface area contributed by atoms with Gasteiger partial charge in [-0.15, -0.1) is 0 Å². The zero-order chi connectivity index (χ0) is 16.5. The third kappa shape index (κ3) is 5.33. The molecule has 1 atom stereocenters. The fourth-order valence-electron chi connectivity index (χ4n) is 3.40. The molecule has 1 aromatic carbocycles. The summed E-state index contributed by atoms with van der Waals surface area (Å²) >= 11 is 0. The second kappa shape index (κ2) is 9.68. The normalized spacial score (nSPS) is 16.6. The predicted octanol–water partition coefficient (Wildman–Crippen LogP) is 2.67. The lowest BCUT2D eigenvalue weighted by molar-refractivity contribution is -0.132. The van der Waals surface area contributed by atoms with E-state index in [0.29, 0.717) is 18.4 Å². The van der Waals surface area contributed by atoms with Gasteiger partial charge in [0.2, 0.25) is 5.91 Å². The molecular weight excluding hydrogens is 286 g/mol. The molecule has 0 radical (unpaired) electrons. The molecule has 0 saturated carbocycles. The van der Waals surface area contributed by atoms with Crippen molar-refractivity contribution < 1.29 is 4.79 Å². The molecule has 0 spiro atoms. The van der Waals surface area contributed by atoms with Crippen LogP contribution in [0.2, 0.25) is 0 Å². The minimum absolute atomic E-state index is 0.301. The van der Waals surface area contributed by atoms with Crippen LogP contribution in [0.15, 0.2) is 30.3 Å². The molecule has 1 aliphatic rings. The Morgan fingerprint density at radius 3 is 2.48 bits per heavy atom. The number of amides is 1. The minimum Gasteiger partial charge on any atom is -0.340 e. The van der Waals surface area contributed by atoms with Crippen molar-refractivity contribution in [1.82, 2.24) is 15.1 Å². The third-order valence-electron chi connectivity index (χ3n) is 4.61. The van der Waals surface area contributed by atoms with Crippen molar-refractivity contribution in [3.8, 4) is 0 Å². The molecule has 1 heterocycles. The summed E-state index contributed by atoms with van der Waals surface area (Å²) < 4.78 is 0. The van der Waals surface area contributed by atoms with Crippen molar-refractivity contribution in [3.05, 3.63) is 35.9 Å². The number of rotatable bonds is 8. The van der Waals surface area contributed by atoms with E-state index < -0.39 is 0 Å². The van der Waals surface area contributed by atoms with Crippen molar-refractivity contribution in [3.63, 3.8) is 0 Å². The third-order valence-corrected chi connectivity index (χ3v) is 4.61. The van der Waals surface area contributed by atoms with Crippen LogP contribution in [0, 0.1) is 0 Å². The molecule has 1 aromatic rings. The van der Waals surface area contributed by atoms with Gasteiger partial charge in [-0.05, 0) is 24.9 Å². The predicted molar refractivity (Wildman–Crippen MR) is 95.4 cm³/mol. The van der Waals surface area contributed by atoms with E-state index in [2.05, 4.69) is 54.4 Å². The quantitative estimate of drug-likeness (QED) is 0.801. The van der Waals surface area contributed by atoms with Crippen molar-refractivity contribution in [1.29, 1.82) is 0 Å². The van der Waals surface area contributed by atoms with Crippen LogP contribution in [-0.4, -0.2) is 55.0 Å². The van der Waals surface area contributed by atoms with Gasteiger partial charge in [0.05, 0.1) is 0 Å². The highest BCUT2D eigenvalue weighted by atomic mass is 16.2. The van der Waals surface area contributed by atoms with E-state index in [4.69, 9.17) is 0 Å². The zero-order valence-electron chi connectivity index (χ0n) is 14.6. The fourth-order valence-corrected chi connectivity index (χ4v) is 3.40. The zero-order valence-corrected chi connectivity index (χ0v) is 14.6. The Morgan fingerprint density at radius 1 is 1.17 bits per heavy atom. The molecule has 1 N–H and O–H groups in total. The lowest BCUT2D eigenvalue weighted by Gasteiger charge is -2.33. The van der Waals surface area contributed by atoms with Crippen LogP contribution in [0.5, 0.6) is 0 Å². The lowest BCUT2D eigenvalue weighted by atomic mass is 10.0. The largest absolute Gasteiger partial charge is 0.340 e. The van der Waals surface area contributed by atoms with Crippen LogP contribution in [-0.2, 0) is 4.79 Å². The van der Waals surface area contributed by atoms with E-state index in [-0.39, 0.29) is 0 Å². The van der Waals surface area contributed by atoms with E-state index >= 15 is 0 Å². The first kappa shape index (κ1) is 18.0. The molecule has 4 heteroatoms. The van der Waals surface area contributed by atoms with Gasteiger partial charge in [-0.25, -0.2) is 0 Å². The number of nitrogens with zero attached hydrogens (tertiary/aromatic N) is 2. The number of carbonyl (C=O) groups excluding carboxylic acids is 1. The summed E-state index contributed by atoms with van der Waals surface area (Å²) in [6, 6.07) is 11.1. The number of piperazine rings is 1. The first-order valence-electron chi connectivity index (χ1n) is 9.03. The van der Waals surface area contributed by atoms with Crippen molar-refractivity contribution in [2.45, 2.75) is 39.2 Å². The molecule has 0 aliphatic carbocycles. The smallest absolute Gasteiger partial charge is 0.223 e. The molecule has 1 unspecified atom stereocenters. The van der Waals surface area contributed by atoms with E-state index in [9.17, 15) is 4.79 Å². The van der Waals surface area contributed by atoms with Crippen LogP contribution >= 0.6 is 0 Å². The number of hydrogen-bond acceptors (Lipinski definition) is 3. The Bertz CT molecular complexity index is 457. The Hall–Kier alpha value is -1.39. The topological polar surface area (TPSA) is 35.6 Å². The standard InChI is InChI=1S/C19H31N3O/c1-3-13-21(18(4-2)17-8-6-5-7-9-17)14-10-19(23)22-15-11-20-12-16-22/h5-9,18,20H,3-4,10-16H2,1-2H3. The highest BCUT2D eigenvalue weighted by Gasteiger charge is 2.21. The summed E-state index contributed by atoms with van der Waals surface area (Å²) in [5, 5.41) is 3.30. The average molecular weight is 317 g/mol. The summed E-state index contributed by atoms with van der Waals surface area (Å²) in [7, 11) is 0. The summed E-state index contributed by atoms with van der Waals surface area (Å²) in [6.45, 7) is 9.89. The highest BCUT2D eigenvalue weighted by molar-refractivity contribution is 5.76. The van der Waals surface area contributed by atoms with Crippen LogP contribution in [0.3, 0.4) is 0 Å². The van der Waals surface area contributed by atoms with Gasteiger partial charge in [0.1, 0.15) is 0 Å². The summed E-state index contributed by atoms with van der Waals surface area (Å²) in [4.78, 5) is 16.9. The Balaban J connectivity index is 1.95. The summed E-state index contributed by atoms with van der Waals surface area (Å²) in [5.41, 5.74) is 1.36. The van der Waals surface area contributed by atoms with Crippen LogP contribution in [0.25, 0.3) is 0 Å². The highest BCUT2D eigenvalue weighted by Crippen LogP contribution is 2.24. The molecule has 128 valence electrons. The molecule has 4 nitrogen and oxygen atoms in total. The first-order chi connectivity index (χ1) is 11.3. The SMILES string of the molecule is CCCN(CCC(=O)N1CCNCC1)C(CC)c1ccccc1. The van der Waals surface area contributed by atoms with Gasteiger partial charge in [-0.3, -0.25) is 9.69 Å². The number of carbonyl (C=O) groups is 1. The second-order valence-electron chi connectivity index (χ2n) is 6.25. The molecule has 0 bridgehead atoms. The molecular formula is C19H31N3O. The Labute approximate surface area is 140 Å².